The summed E-state index contributed by atoms with van der Waals surface area (Å²) in [5.41, 5.74) is 0.391. The topological polar surface area (TPSA) is 55.2 Å². The summed E-state index contributed by atoms with van der Waals surface area (Å²) in [5, 5.41) is 13.6. The van der Waals surface area contributed by atoms with E-state index in [2.05, 4.69) is 5.32 Å². The third kappa shape index (κ3) is 2.76. The quantitative estimate of drug-likeness (QED) is 0.511. The lowest BCUT2D eigenvalue weighted by Crippen LogP contribution is -1.98. The summed E-state index contributed by atoms with van der Waals surface area (Å²) < 4.78 is 14.4. The highest BCUT2D eigenvalue weighted by Gasteiger charge is 2.13. The monoisotopic (exact) mass is 358 g/mol. The van der Waals surface area contributed by atoms with Crippen LogP contribution in [0.25, 0.3) is 0 Å². The first kappa shape index (κ1) is 12.7. The van der Waals surface area contributed by atoms with Crippen LogP contribution in [0, 0.1) is 19.5 Å². The predicted molar refractivity (Wildman–Crippen MR) is 75.5 cm³/mol. The second-order valence-corrected chi connectivity index (χ2v) is 4.77. The molecule has 92 valence electrons. The molecule has 0 fully saturated rings. The minimum absolute atomic E-state index is 0.0875. The number of rotatable bonds is 3. The van der Waals surface area contributed by atoms with E-state index in [0.717, 1.165) is 3.57 Å². The maximum absolute atomic E-state index is 13.6. The van der Waals surface area contributed by atoms with Gasteiger partial charge in [-0.05, 0) is 46.9 Å². The minimum Gasteiger partial charge on any atom is -0.348 e. The summed E-state index contributed by atoms with van der Waals surface area (Å²) >= 11 is 1.99. The fraction of sp³-hybridized carbons (Fsp3) is 0. The number of anilines is 2. The van der Waals surface area contributed by atoms with Gasteiger partial charge in [0, 0.05) is 9.64 Å². The molecule has 0 aliphatic carbocycles. The van der Waals surface area contributed by atoms with Gasteiger partial charge in [-0.3, -0.25) is 10.1 Å². The Morgan fingerprint density at radius 2 is 1.89 bits per heavy atom. The molecule has 0 aliphatic rings. The van der Waals surface area contributed by atoms with Gasteiger partial charge in [-0.2, -0.15) is 0 Å². The van der Waals surface area contributed by atoms with Gasteiger partial charge in [0.25, 0.3) is 5.69 Å². The SMILES string of the molecule is O=[N+]([O-])c1ccccc1Nc1ccc(I)cc1F. The van der Waals surface area contributed by atoms with Gasteiger partial charge in [-0.15, -0.1) is 0 Å². The lowest BCUT2D eigenvalue weighted by Gasteiger charge is -2.08. The fourth-order valence-corrected chi connectivity index (χ4v) is 1.93. The van der Waals surface area contributed by atoms with E-state index in [1.807, 2.05) is 22.6 Å². The summed E-state index contributed by atoms with van der Waals surface area (Å²) in [6, 6.07) is 10.8. The first-order valence-corrected chi connectivity index (χ1v) is 6.11. The molecule has 6 heteroatoms. The van der Waals surface area contributed by atoms with Crippen LogP contribution in [0.4, 0.5) is 21.5 Å². The minimum atomic E-state index is -0.507. The molecular formula is C12H8FIN2O2. The second-order valence-electron chi connectivity index (χ2n) is 3.52. The molecule has 18 heavy (non-hydrogen) atoms. The fourth-order valence-electron chi connectivity index (χ4n) is 1.47. The van der Waals surface area contributed by atoms with Gasteiger partial charge in [-0.25, -0.2) is 4.39 Å². The van der Waals surface area contributed by atoms with Crippen molar-refractivity contribution >= 4 is 39.7 Å². The number of para-hydroxylation sites is 2. The highest BCUT2D eigenvalue weighted by Crippen LogP contribution is 2.28. The highest BCUT2D eigenvalue weighted by molar-refractivity contribution is 14.1. The van der Waals surface area contributed by atoms with Crippen LogP contribution in [-0.4, -0.2) is 4.92 Å². The van der Waals surface area contributed by atoms with Crippen molar-refractivity contribution in [3.8, 4) is 0 Å². The number of hydrogen-bond donors (Lipinski definition) is 1. The van der Waals surface area contributed by atoms with Crippen LogP contribution < -0.4 is 5.32 Å². The van der Waals surface area contributed by atoms with E-state index < -0.39 is 10.7 Å². The molecule has 0 aromatic heterocycles. The molecule has 4 nitrogen and oxygen atoms in total. The van der Waals surface area contributed by atoms with E-state index in [9.17, 15) is 14.5 Å². The van der Waals surface area contributed by atoms with Gasteiger partial charge in [-0.1, -0.05) is 12.1 Å². The zero-order valence-electron chi connectivity index (χ0n) is 9.06. The summed E-state index contributed by atoms with van der Waals surface area (Å²) in [7, 11) is 0. The molecule has 0 spiro atoms. The highest BCUT2D eigenvalue weighted by atomic mass is 127. The first-order chi connectivity index (χ1) is 8.58. The molecule has 0 amide bonds. The summed E-state index contributed by atoms with van der Waals surface area (Å²) in [6.45, 7) is 0. The largest absolute Gasteiger partial charge is 0.348 e. The van der Waals surface area contributed by atoms with Gasteiger partial charge >= 0.3 is 0 Å². The molecule has 2 aromatic rings. The van der Waals surface area contributed by atoms with Crippen LogP contribution in [0.2, 0.25) is 0 Å². The average molecular weight is 358 g/mol. The molecule has 0 bridgehead atoms. The number of halogens is 2. The van der Waals surface area contributed by atoms with E-state index in [1.54, 1.807) is 24.3 Å². The number of hydrogen-bond acceptors (Lipinski definition) is 3. The van der Waals surface area contributed by atoms with Gasteiger partial charge in [0.1, 0.15) is 11.5 Å². The Morgan fingerprint density at radius 3 is 2.56 bits per heavy atom. The van der Waals surface area contributed by atoms with Gasteiger partial charge in [0.05, 0.1) is 10.6 Å². The summed E-state index contributed by atoms with van der Waals surface area (Å²) in [6.07, 6.45) is 0. The second kappa shape index (κ2) is 5.30. The van der Waals surface area contributed by atoms with Crippen molar-refractivity contribution in [3.05, 3.63) is 62.0 Å². The number of nitrogens with zero attached hydrogens (tertiary/aromatic N) is 1. The molecular weight excluding hydrogens is 350 g/mol. The molecule has 0 unspecified atom stereocenters. The van der Waals surface area contributed by atoms with Crippen molar-refractivity contribution in [2.24, 2.45) is 0 Å². The molecule has 2 aromatic carbocycles. The Morgan fingerprint density at radius 1 is 1.17 bits per heavy atom. The normalized spacial score (nSPS) is 10.1. The van der Waals surface area contributed by atoms with Crippen molar-refractivity contribution in [2.75, 3.05) is 5.32 Å². The maximum atomic E-state index is 13.6. The van der Waals surface area contributed by atoms with E-state index >= 15 is 0 Å². The van der Waals surface area contributed by atoms with Crippen LogP contribution in [0.1, 0.15) is 0 Å². The van der Waals surface area contributed by atoms with Crippen LogP contribution in [0.3, 0.4) is 0 Å². The molecule has 0 saturated carbocycles. The van der Waals surface area contributed by atoms with Crippen LogP contribution in [0.15, 0.2) is 42.5 Å². The molecule has 0 heterocycles. The summed E-state index contributed by atoms with van der Waals surface area (Å²) in [4.78, 5) is 10.3. The van der Waals surface area contributed by atoms with Crippen molar-refractivity contribution < 1.29 is 9.31 Å². The van der Waals surface area contributed by atoms with E-state index in [1.165, 1.54) is 18.2 Å². The molecule has 0 aliphatic heterocycles. The molecule has 0 atom stereocenters. The Bertz CT molecular complexity index is 604. The molecule has 0 radical (unpaired) electrons. The Balaban J connectivity index is 2.37. The molecule has 1 N–H and O–H groups in total. The predicted octanol–water partition coefficient (Wildman–Crippen LogP) is 4.08. The zero-order chi connectivity index (χ0) is 13.1. The number of nitrogens with one attached hydrogen (secondary N) is 1. The van der Waals surface area contributed by atoms with Crippen molar-refractivity contribution in [1.82, 2.24) is 0 Å². The van der Waals surface area contributed by atoms with Crippen molar-refractivity contribution in [2.45, 2.75) is 0 Å². The van der Waals surface area contributed by atoms with Gasteiger partial charge in [0.15, 0.2) is 0 Å². The summed E-state index contributed by atoms with van der Waals surface area (Å²) in [5.74, 6) is -0.444. The smallest absolute Gasteiger partial charge is 0.292 e. The molecule has 0 saturated heterocycles. The Labute approximate surface area is 116 Å². The van der Waals surface area contributed by atoms with Crippen LogP contribution >= 0.6 is 22.6 Å². The van der Waals surface area contributed by atoms with Gasteiger partial charge < -0.3 is 5.32 Å². The first-order valence-electron chi connectivity index (χ1n) is 5.03. The third-order valence-electron chi connectivity index (χ3n) is 2.30. The van der Waals surface area contributed by atoms with Crippen molar-refractivity contribution in [1.29, 1.82) is 0 Å². The van der Waals surface area contributed by atoms with E-state index in [4.69, 9.17) is 0 Å². The molecule has 2 rings (SSSR count). The third-order valence-corrected chi connectivity index (χ3v) is 2.97. The Kier molecular flexibility index (Phi) is 3.75. The average Bonchev–Trinajstić information content (AvgIpc) is 2.33. The number of nitro groups is 1. The van der Waals surface area contributed by atoms with Crippen molar-refractivity contribution in [3.63, 3.8) is 0 Å². The van der Waals surface area contributed by atoms with E-state index in [0.29, 0.717) is 0 Å². The number of nitro benzene ring substituents is 1. The lowest BCUT2D eigenvalue weighted by atomic mass is 10.2. The maximum Gasteiger partial charge on any atom is 0.292 e. The zero-order valence-corrected chi connectivity index (χ0v) is 11.2. The van der Waals surface area contributed by atoms with Crippen LogP contribution in [0.5, 0.6) is 0 Å². The number of benzene rings is 2. The van der Waals surface area contributed by atoms with Crippen LogP contribution in [-0.2, 0) is 0 Å². The lowest BCUT2D eigenvalue weighted by molar-refractivity contribution is -0.383. The standard InChI is InChI=1S/C12H8FIN2O2/c13-9-7-8(14)5-6-10(9)15-11-3-1-2-4-12(11)16(17)18/h1-7,15H. The van der Waals surface area contributed by atoms with E-state index in [-0.39, 0.29) is 17.1 Å². The Hall–Kier alpha value is -1.70. The van der Waals surface area contributed by atoms with Gasteiger partial charge in [0.2, 0.25) is 0 Å².